The SMILES string of the molecule is CCCCSc1nc(N)c2c3c(sc2n1)CCC[C@H]3C. The van der Waals surface area contributed by atoms with E-state index in [9.17, 15) is 0 Å². The van der Waals surface area contributed by atoms with Crippen LogP contribution in [-0.4, -0.2) is 15.7 Å². The Kier molecular flexibility index (Phi) is 4.17. The summed E-state index contributed by atoms with van der Waals surface area (Å²) in [5.74, 6) is 2.35. The van der Waals surface area contributed by atoms with Crippen molar-refractivity contribution in [2.45, 2.75) is 57.0 Å². The van der Waals surface area contributed by atoms with Crippen LogP contribution in [0.2, 0.25) is 0 Å². The second-order valence-electron chi connectivity index (χ2n) is 5.51. The molecule has 0 aliphatic heterocycles. The topological polar surface area (TPSA) is 51.8 Å². The predicted octanol–water partition coefficient (Wildman–Crippen LogP) is 4.61. The molecule has 1 aliphatic rings. The van der Waals surface area contributed by atoms with Crippen LogP contribution in [0.1, 0.15) is 55.9 Å². The summed E-state index contributed by atoms with van der Waals surface area (Å²) >= 11 is 3.55. The zero-order valence-electron chi connectivity index (χ0n) is 12.1. The lowest BCUT2D eigenvalue weighted by Crippen LogP contribution is -2.05. The normalized spacial score (nSPS) is 18.4. The molecule has 5 heteroatoms. The van der Waals surface area contributed by atoms with Gasteiger partial charge in [0.25, 0.3) is 0 Å². The maximum atomic E-state index is 6.23. The first-order valence-electron chi connectivity index (χ1n) is 7.42. The van der Waals surface area contributed by atoms with Crippen molar-refractivity contribution in [3.05, 3.63) is 10.4 Å². The Morgan fingerprint density at radius 1 is 1.40 bits per heavy atom. The van der Waals surface area contributed by atoms with Crippen molar-refractivity contribution in [3.63, 3.8) is 0 Å². The lowest BCUT2D eigenvalue weighted by Gasteiger charge is -2.18. The summed E-state index contributed by atoms with van der Waals surface area (Å²) in [7, 11) is 0. The summed E-state index contributed by atoms with van der Waals surface area (Å²) < 4.78 is 0. The number of thiophene rings is 1. The van der Waals surface area contributed by atoms with Crippen molar-refractivity contribution in [2.24, 2.45) is 0 Å². The van der Waals surface area contributed by atoms with Gasteiger partial charge in [-0.1, -0.05) is 32.0 Å². The van der Waals surface area contributed by atoms with Crippen molar-refractivity contribution in [3.8, 4) is 0 Å². The largest absolute Gasteiger partial charge is 0.383 e. The van der Waals surface area contributed by atoms with Gasteiger partial charge < -0.3 is 5.73 Å². The number of hydrogen-bond donors (Lipinski definition) is 1. The third kappa shape index (κ3) is 2.53. The number of hydrogen-bond acceptors (Lipinski definition) is 5. The molecule has 20 heavy (non-hydrogen) atoms. The number of thioether (sulfide) groups is 1. The second kappa shape index (κ2) is 5.90. The predicted molar refractivity (Wildman–Crippen MR) is 88.8 cm³/mol. The maximum Gasteiger partial charge on any atom is 0.190 e. The lowest BCUT2D eigenvalue weighted by atomic mass is 9.87. The number of nitrogens with zero attached hydrogens (tertiary/aromatic N) is 2. The number of aryl methyl sites for hydroxylation is 1. The minimum Gasteiger partial charge on any atom is -0.383 e. The summed E-state index contributed by atoms with van der Waals surface area (Å²) in [4.78, 5) is 11.8. The first-order valence-corrected chi connectivity index (χ1v) is 9.22. The first kappa shape index (κ1) is 14.1. The third-order valence-corrected chi connectivity index (χ3v) is 6.03. The molecule has 2 aromatic heterocycles. The van der Waals surface area contributed by atoms with Gasteiger partial charge in [-0.3, -0.25) is 0 Å². The molecule has 0 saturated heterocycles. The van der Waals surface area contributed by atoms with E-state index in [1.807, 2.05) is 11.3 Å². The van der Waals surface area contributed by atoms with Crippen LogP contribution in [0.3, 0.4) is 0 Å². The Bertz CT molecular complexity index is 621. The van der Waals surface area contributed by atoms with E-state index < -0.39 is 0 Å². The first-order chi connectivity index (χ1) is 9.70. The quantitative estimate of drug-likeness (QED) is 0.509. The van der Waals surface area contributed by atoms with E-state index in [0.29, 0.717) is 11.7 Å². The molecule has 3 nitrogen and oxygen atoms in total. The van der Waals surface area contributed by atoms with Crippen molar-refractivity contribution in [1.82, 2.24) is 9.97 Å². The van der Waals surface area contributed by atoms with E-state index in [4.69, 9.17) is 10.7 Å². The van der Waals surface area contributed by atoms with Crippen molar-refractivity contribution < 1.29 is 0 Å². The van der Waals surface area contributed by atoms with Crippen LogP contribution in [0.25, 0.3) is 10.2 Å². The molecule has 1 aliphatic carbocycles. The third-order valence-electron chi connectivity index (χ3n) is 3.94. The summed E-state index contributed by atoms with van der Waals surface area (Å²) in [6.45, 7) is 4.50. The number of rotatable bonds is 4. The maximum absolute atomic E-state index is 6.23. The van der Waals surface area contributed by atoms with Gasteiger partial charge in [0.2, 0.25) is 0 Å². The molecule has 2 heterocycles. The molecule has 0 unspecified atom stereocenters. The second-order valence-corrected chi connectivity index (χ2v) is 7.65. The smallest absolute Gasteiger partial charge is 0.190 e. The van der Waals surface area contributed by atoms with E-state index in [2.05, 4.69) is 18.8 Å². The van der Waals surface area contributed by atoms with Crippen LogP contribution in [-0.2, 0) is 6.42 Å². The summed E-state index contributed by atoms with van der Waals surface area (Å²) in [6, 6.07) is 0. The van der Waals surface area contributed by atoms with Crippen LogP contribution in [0.5, 0.6) is 0 Å². The summed E-state index contributed by atoms with van der Waals surface area (Å²) in [5.41, 5.74) is 7.66. The van der Waals surface area contributed by atoms with Crippen LogP contribution in [0.4, 0.5) is 5.82 Å². The lowest BCUT2D eigenvalue weighted by molar-refractivity contribution is 0.602. The van der Waals surface area contributed by atoms with E-state index in [-0.39, 0.29) is 0 Å². The van der Waals surface area contributed by atoms with Gasteiger partial charge in [-0.05, 0) is 37.2 Å². The Hall–Kier alpha value is -0.810. The van der Waals surface area contributed by atoms with Gasteiger partial charge in [0.1, 0.15) is 10.6 Å². The number of unbranched alkanes of at least 4 members (excludes halogenated alkanes) is 1. The molecule has 2 N–H and O–H groups in total. The zero-order valence-corrected chi connectivity index (χ0v) is 13.7. The highest BCUT2D eigenvalue weighted by atomic mass is 32.2. The van der Waals surface area contributed by atoms with Gasteiger partial charge in [-0.2, -0.15) is 0 Å². The molecular formula is C15H21N3S2. The zero-order chi connectivity index (χ0) is 14.1. The van der Waals surface area contributed by atoms with Gasteiger partial charge >= 0.3 is 0 Å². The molecule has 0 bridgehead atoms. The van der Waals surface area contributed by atoms with Gasteiger partial charge in [0.15, 0.2) is 5.16 Å². The highest BCUT2D eigenvalue weighted by Gasteiger charge is 2.24. The number of nitrogens with two attached hydrogens (primary N) is 1. The molecule has 1 atom stereocenters. The Morgan fingerprint density at radius 2 is 2.25 bits per heavy atom. The standard InChI is InChI=1S/C15H21N3S2/c1-3-4-8-19-15-17-13(16)12-11-9(2)6-5-7-10(11)20-14(12)18-15/h9H,3-8H2,1-2H3,(H2,16,17,18)/t9-/m1/s1. The van der Waals surface area contributed by atoms with E-state index >= 15 is 0 Å². The molecule has 3 rings (SSSR count). The molecule has 108 valence electrons. The van der Waals surface area contributed by atoms with Crippen molar-refractivity contribution >= 4 is 39.1 Å². The van der Waals surface area contributed by atoms with Gasteiger partial charge in [0.05, 0.1) is 5.39 Å². The van der Waals surface area contributed by atoms with Crippen LogP contribution in [0.15, 0.2) is 5.16 Å². The Labute approximate surface area is 128 Å². The van der Waals surface area contributed by atoms with Gasteiger partial charge in [-0.25, -0.2) is 9.97 Å². The van der Waals surface area contributed by atoms with E-state index in [1.54, 1.807) is 11.8 Å². The molecule has 0 amide bonds. The molecular weight excluding hydrogens is 286 g/mol. The molecule has 0 saturated carbocycles. The summed E-state index contributed by atoms with van der Waals surface area (Å²) in [6.07, 6.45) is 6.12. The highest BCUT2D eigenvalue weighted by Crippen LogP contribution is 2.43. The number of nitrogen functional groups attached to an aromatic ring is 1. The molecule has 0 spiro atoms. The average Bonchev–Trinajstić information content (AvgIpc) is 2.79. The van der Waals surface area contributed by atoms with E-state index in [1.165, 1.54) is 42.5 Å². The van der Waals surface area contributed by atoms with Crippen molar-refractivity contribution in [1.29, 1.82) is 0 Å². The van der Waals surface area contributed by atoms with Crippen LogP contribution >= 0.6 is 23.1 Å². The Balaban J connectivity index is 2.01. The van der Waals surface area contributed by atoms with Gasteiger partial charge in [-0.15, -0.1) is 11.3 Å². The minimum absolute atomic E-state index is 0.594. The van der Waals surface area contributed by atoms with Gasteiger partial charge in [0, 0.05) is 10.6 Å². The number of fused-ring (bicyclic) bond motifs is 3. The summed E-state index contributed by atoms with van der Waals surface area (Å²) in [5, 5.41) is 1.98. The fourth-order valence-corrected chi connectivity index (χ4v) is 5.20. The van der Waals surface area contributed by atoms with Crippen molar-refractivity contribution in [2.75, 3.05) is 11.5 Å². The molecule has 0 radical (unpaired) electrons. The van der Waals surface area contributed by atoms with Crippen LogP contribution < -0.4 is 5.73 Å². The fraction of sp³-hybridized carbons (Fsp3) is 0.600. The number of aromatic nitrogens is 2. The molecule has 0 fully saturated rings. The fourth-order valence-electron chi connectivity index (χ4n) is 2.87. The van der Waals surface area contributed by atoms with E-state index in [0.717, 1.165) is 21.1 Å². The molecule has 2 aromatic rings. The Morgan fingerprint density at radius 3 is 3.05 bits per heavy atom. The minimum atomic E-state index is 0.594. The average molecular weight is 307 g/mol. The molecule has 0 aromatic carbocycles. The van der Waals surface area contributed by atoms with Crippen LogP contribution in [0, 0.1) is 0 Å². The number of anilines is 1. The highest BCUT2D eigenvalue weighted by molar-refractivity contribution is 7.99. The monoisotopic (exact) mass is 307 g/mol.